The summed E-state index contributed by atoms with van der Waals surface area (Å²) in [6.45, 7) is 0.626. The molecule has 1 aliphatic rings. The predicted molar refractivity (Wildman–Crippen MR) is 66.2 cm³/mol. The molecule has 0 spiro atoms. The Morgan fingerprint density at radius 2 is 1.95 bits per heavy atom. The maximum atomic E-state index is 12.7. The Morgan fingerprint density at radius 3 is 2.40 bits per heavy atom. The Morgan fingerprint density at radius 1 is 1.40 bits per heavy atom. The van der Waals surface area contributed by atoms with Gasteiger partial charge < -0.3 is 10.6 Å². The quantitative estimate of drug-likeness (QED) is 0.754. The average Bonchev–Trinajstić information content (AvgIpc) is 2.24. The summed E-state index contributed by atoms with van der Waals surface area (Å²) in [5.41, 5.74) is 2.11. The van der Waals surface area contributed by atoms with Gasteiger partial charge in [-0.15, -0.1) is 0 Å². The number of nitrogens with one attached hydrogen (secondary N) is 1. The Labute approximate surface area is 115 Å². The number of hydrogen-bond acceptors (Lipinski definition) is 4. The summed E-state index contributed by atoms with van der Waals surface area (Å²) in [4.78, 5) is 12.8. The van der Waals surface area contributed by atoms with Crippen molar-refractivity contribution in [2.45, 2.75) is 37.5 Å². The number of amides is 1. The highest BCUT2D eigenvalue weighted by molar-refractivity contribution is 7.88. The van der Waals surface area contributed by atoms with Crippen molar-refractivity contribution in [2.75, 3.05) is 19.3 Å². The van der Waals surface area contributed by atoms with Crippen molar-refractivity contribution in [3.8, 4) is 0 Å². The fraction of sp³-hybridized carbons (Fsp3) is 0.900. The van der Waals surface area contributed by atoms with Crippen LogP contribution in [0.1, 0.15) is 19.8 Å². The van der Waals surface area contributed by atoms with Gasteiger partial charge in [-0.25, -0.2) is 13.1 Å². The van der Waals surface area contributed by atoms with Crippen molar-refractivity contribution < 1.29 is 26.4 Å². The second-order valence-electron chi connectivity index (χ2n) is 5.18. The van der Waals surface area contributed by atoms with Crippen molar-refractivity contribution in [1.29, 1.82) is 0 Å². The van der Waals surface area contributed by atoms with E-state index in [0.29, 0.717) is 19.8 Å². The predicted octanol–water partition coefficient (Wildman–Crippen LogP) is -0.194. The van der Waals surface area contributed by atoms with Gasteiger partial charge in [0.05, 0.1) is 6.26 Å². The molecular weight excluding hydrogens is 299 g/mol. The Balaban J connectivity index is 2.80. The van der Waals surface area contributed by atoms with Gasteiger partial charge in [0.2, 0.25) is 10.0 Å². The van der Waals surface area contributed by atoms with Crippen molar-refractivity contribution >= 4 is 15.9 Å². The van der Waals surface area contributed by atoms with E-state index in [1.54, 1.807) is 0 Å². The van der Waals surface area contributed by atoms with Crippen molar-refractivity contribution in [2.24, 2.45) is 5.73 Å². The summed E-state index contributed by atoms with van der Waals surface area (Å²) < 4.78 is 62.7. The molecule has 2 atom stereocenters. The van der Waals surface area contributed by atoms with Crippen LogP contribution >= 0.6 is 0 Å². The molecule has 0 aliphatic carbocycles. The number of nitrogens with zero attached hydrogens (tertiary/aromatic N) is 1. The Hall–Kier alpha value is -0.870. The third kappa shape index (κ3) is 4.06. The molecule has 2 unspecified atom stereocenters. The number of sulfonamides is 1. The highest BCUT2D eigenvalue weighted by Gasteiger charge is 2.55. The topological polar surface area (TPSA) is 92.5 Å². The zero-order valence-electron chi connectivity index (χ0n) is 11.2. The molecule has 1 rings (SSSR count). The molecule has 0 radical (unpaired) electrons. The van der Waals surface area contributed by atoms with Crippen LogP contribution in [0.4, 0.5) is 13.2 Å². The maximum absolute atomic E-state index is 12.7. The van der Waals surface area contributed by atoms with Gasteiger partial charge in [0.1, 0.15) is 0 Å². The summed E-state index contributed by atoms with van der Waals surface area (Å²) in [5.74, 6) is -1.25. The molecule has 118 valence electrons. The molecule has 20 heavy (non-hydrogen) atoms. The number of rotatable bonds is 3. The van der Waals surface area contributed by atoms with E-state index in [0.717, 1.165) is 11.2 Å². The minimum absolute atomic E-state index is 0.116. The molecule has 1 aliphatic heterocycles. The second kappa shape index (κ2) is 5.49. The molecule has 0 saturated carbocycles. The van der Waals surface area contributed by atoms with Gasteiger partial charge >= 0.3 is 6.18 Å². The fourth-order valence-corrected chi connectivity index (χ4v) is 2.81. The molecule has 3 N–H and O–H groups in total. The molecule has 1 heterocycles. The van der Waals surface area contributed by atoms with Crippen LogP contribution in [0.15, 0.2) is 0 Å². The number of carbonyl (C=O) groups is 1. The minimum atomic E-state index is -4.86. The van der Waals surface area contributed by atoms with Crippen LogP contribution in [0.3, 0.4) is 0 Å². The van der Waals surface area contributed by atoms with Gasteiger partial charge in [0, 0.05) is 19.1 Å². The first-order valence-corrected chi connectivity index (χ1v) is 7.86. The Kier molecular flexibility index (Phi) is 4.72. The summed E-state index contributed by atoms with van der Waals surface area (Å²) >= 11 is 0. The summed E-state index contributed by atoms with van der Waals surface area (Å²) in [6, 6.07) is -0.591. The van der Waals surface area contributed by atoms with Crippen molar-refractivity contribution in [1.82, 2.24) is 9.62 Å². The maximum Gasteiger partial charge on any atom is 0.415 e. The molecule has 0 aromatic carbocycles. The number of piperidine rings is 1. The summed E-state index contributed by atoms with van der Waals surface area (Å²) in [6.07, 6.45) is -3.03. The monoisotopic (exact) mass is 317 g/mol. The first kappa shape index (κ1) is 17.2. The lowest BCUT2D eigenvalue weighted by molar-refractivity contribution is -0.194. The normalized spacial score (nSPS) is 24.3. The molecule has 6 nitrogen and oxygen atoms in total. The van der Waals surface area contributed by atoms with E-state index >= 15 is 0 Å². The molecule has 0 bridgehead atoms. The number of alkyl halides is 3. The van der Waals surface area contributed by atoms with Gasteiger partial charge in [-0.3, -0.25) is 4.79 Å². The first-order chi connectivity index (χ1) is 8.84. The number of nitrogens with two attached hydrogens (primary N) is 1. The van der Waals surface area contributed by atoms with E-state index in [4.69, 9.17) is 5.73 Å². The number of carbonyl (C=O) groups excluding carboxylic acids is 1. The number of likely N-dealkylation sites (tertiary alicyclic amines) is 1. The van der Waals surface area contributed by atoms with Crippen LogP contribution < -0.4 is 10.5 Å². The molecule has 1 saturated heterocycles. The number of hydrogen-bond donors (Lipinski definition) is 2. The van der Waals surface area contributed by atoms with E-state index in [9.17, 15) is 26.4 Å². The highest BCUT2D eigenvalue weighted by atomic mass is 32.2. The van der Waals surface area contributed by atoms with Crippen LogP contribution in [-0.2, 0) is 14.8 Å². The largest absolute Gasteiger partial charge is 0.415 e. The lowest BCUT2D eigenvalue weighted by atomic mass is 9.98. The van der Waals surface area contributed by atoms with Crippen molar-refractivity contribution in [3.05, 3.63) is 0 Å². The van der Waals surface area contributed by atoms with E-state index in [1.807, 2.05) is 0 Å². The molecule has 1 amide bonds. The zero-order valence-corrected chi connectivity index (χ0v) is 12.0. The molecule has 10 heteroatoms. The van der Waals surface area contributed by atoms with Gasteiger partial charge in [-0.2, -0.15) is 13.2 Å². The minimum Gasteiger partial charge on any atom is -0.339 e. The molecule has 1 fully saturated rings. The highest BCUT2D eigenvalue weighted by Crippen LogP contribution is 2.30. The van der Waals surface area contributed by atoms with Gasteiger partial charge in [-0.1, -0.05) is 0 Å². The van der Waals surface area contributed by atoms with Gasteiger partial charge in [-0.05, 0) is 19.8 Å². The van der Waals surface area contributed by atoms with Gasteiger partial charge in [0.15, 0.2) is 5.54 Å². The molecule has 0 aromatic heterocycles. The van der Waals surface area contributed by atoms with E-state index in [1.165, 1.54) is 0 Å². The lowest BCUT2D eigenvalue weighted by Crippen LogP contribution is -2.64. The fourth-order valence-electron chi connectivity index (χ4n) is 2.01. The average molecular weight is 317 g/mol. The molecule has 0 aromatic rings. The first-order valence-electron chi connectivity index (χ1n) is 5.97. The number of halogens is 3. The SMILES string of the molecule is CC(N)(C(=O)N1CCCC(NS(C)(=O)=O)C1)C(F)(F)F. The second-order valence-corrected chi connectivity index (χ2v) is 6.96. The van der Waals surface area contributed by atoms with Crippen molar-refractivity contribution in [3.63, 3.8) is 0 Å². The Bertz CT molecular complexity index is 476. The summed E-state index contributed by atoms with van der Waals surface area (Å²) in [7, 11) is -3.48. The van der Waals surface area contributed by atoms with Crippen LogP contribution in [0, 0.1) is 0 Å². The smallest absolute Gasteiger partial charge is 0.339 e. The summed E-state index contributed by atoms with van der Waals surface area (Å²) in [5, 5.41) is 0. The standard InChI is InChI=1S/C10H18F3N3O3S/c1-9(14,10(11,12)13)8(17)16-5-3-4-7(6-16)15-20(2,18)19/h7,15H,3-6,14H2,1-2H3. The van der Waals surface area contributed by atoms with Crippen LogP contribution in [0.25, 0.3) is 0 Å². The third-order valence-electron chi connectivity index (χ3n) is 3.12. The lowest BCUT2D eigenvalue weighted by Gasteiger charge is -2.37. The third-order valence-corrected chi connectivity index (χ3v) is 3.88. The van der Waals surface area contributed by atoms with E-state index < -0.39 is 33.7 Å². The van der Waals surface area contributed by atoms with Gasteiger partial charge in [0.25, 0.3) is 5.91 Å². The van der Waals surface area contributed by atoms with Crippen LogP contribution in [-0.4, -0.2) is 56.3 Å². The van der Waals surface area contributed by atoms with E-state index in [-0.39, 0.29) is 13.1 Å². The van der Waals surface area contributed by atoms with E-state index in [2.05, 4.69) is 4.72 Å². The van der Waals surface area contributed by atoms with Crippen LogP contribution in [0.5, 0.6) is 0 Å². The van der Waals surface area contributed by atoms with Crippen LogP contribution in [0.2, 0.25) is 0 Å². The molecular formula is C10H18F3N3O3S. The zero-order chi connectivity index (χ0) is 15.8.